The predicted molar refractivity (Wildman–Crippen MR) is 207 cm³/mol. The molecule has 332 valence electrons. The van der Waals surface area contributed by atoms with Crippen molar-refractivity contribution in [1.82, 2.24) is 30.7 Å². The first-order valence-corrected chi connectivity index (χ1v) is 20.4. The fourth-order valence-electron chi connectivity index (χ4n) is 8.62. The van der Waals surface area contributed by atoms with Crippen molar-refractivity contribution in [2.24, 2.45) is 5.92 Å². The van der Waals surface area contributed by atoms with E-state index in [2.05, 4.69) is 21.3 Å². The Hall–Kier alpha value is -5.37. The number of nitrogens with one attached hydrogen (secondary N) is 4. The molecular weight excluding hydrogens is 813 g/mol. The maximum absolute atomic E-state index is 14.7. The third-order valence-corrected chi connectivity index (χ3v) is 11.7. The number of ether oxygens (including phenoxy) is 1. The van der Waals surface area contributed by atoms with E-state index in [1.807, 2.05) is 6.92 Å². The molecule has 4 aliphatic heterocycles. The molecule has 9 atom stereocenters. The van der Waals surface area contributed by atoms with Crippen molar-refractivity contribution in [3.05, 3.63) is 65.2 Å². The Morgan fingerprint density at radius 1 is 0.869 bits per heavy atom. The summed E-state index contributed by atoms with van der Waals surface area (Å²) in [5.41, 5.74) is -1.17. The third kappa shape index (κ3) is 10.6. The highest BCUT2D eigenvalue weighted by Crippen LogP contribution is 2.31. The van der Waals surface area contributed by atoms with Crippen LogP contribution in [0, 0.1) is 17.6 Å². The highest BCUT2D eigenvalue weighted by atomic mass is 19.4. The third-order valence-electron chi connectivity index (χ3n) is 11.7. The average molecular weight is 864 g/mol. The molecule has 20 heteroatoms. The second-order valence-electron chi connectivity index (χ2n) is 16.3. The lowest BCUT2D eigenvalue weighted by Gasteiger charge is -2.42. The van der Waals surface area contributed by atoms with Gasteiger partial charge < -0.3 is 40.5 Å². The number of cyclic esters (lactones) is 1. The smallest absolute Gasteiger partial charge is 0.416 e. The van der Waals surface area contributed by atoms with E-state index in [0.29, 0.717) is 31.7 Å². The monoisotopic (exact) mass is 863 g/mol. The van der Waals surface area contributed by atoms with Gasteiger partial charge in [-0.15, -0.1) is 0 Å². The topological polar surface area (TPSA) is 190 Å². The van der Waals surface area contributed by atoms with Gasteiger partial charge in [-0.2, -0.15) is 13.2 Å². The van der Waals surface area contributed by atoms with Crippen LogP contribution in [0.5, 0.6) is 0 Å². The van der Waals surface area contributed by atoms with Crippen molar-refractivity contribution in [2.75, 3.05) is 25.0 Å². The number of aliphatic hydroxyl groups is 1. The van der Waals surface area contributed by atoms with Crippen molar-refractivity contribution < 1.29 is 60.6 Å². The van der Waals surface area contributed by atoms with Crippen LogP contribution >= 0.6 is 0 Å². The van der Waals surface area contributed by atoms with Crippen molar-refractivity contribution in [3.8, 4) is 0 Å². The summed E-state index contributed by atoms with van der Waals surface area (Å²) in [5, 5.41) is 21.5. The molecule has 0 bridgehead atoms. The van der Waals surface area contributed by atoms with Gasteiger partial charge in [0.1, 0.15) is 48.1 Å². The van der Waals surface area contributed by atoms with Crippen molar-refractivity contribution in [2.45, 2.75) is 120 Å². The van der Waals surface area contributed by atoms with Crippen molar-refractivity contribution >= 4 is 41.3 Å². The van der Waals surface area contributed by atoms with E-state index in [0.717, 1.165) is 36.4 Å². The van der Waals surface area contributed by atoms with Crippen LogP contribution in [0.4, 0.5) is 32.4 Å². The molecule has 0 radical (unpaired) electrons. The maximum atomic E-state index is 14.7. The zero-order chi connectivity index (χ0) is 44.3. The van der Waals surface area contributed by atoms with Gasteiger partial charge in [0, 0.05) is 37.8 Å². The number of nitrogens with zero attached hydrogens (tertiary/aromatic N) is 3. The van der Waals surface area contributed by atoms with Gasteiger partial charge in [0.05, 0.1) is 17.6 Å². The number of rotatable bonds is 6. The first-order valence-electron chi connectivity index (χ1n) is 20.4. The zero-order valence-corrected chi connectivity index (χ0v) is 33.8. The van der Waals surface area contributed by atoms with Gasteiger partial charge in [-0.25, -0.2) is 18.4 Å². The minimum atomic E-state index is -4.65. The number of halogens is 5. The van der Waals surface area contributed by atoms with E-state index < -0.39 is 114 Å². The minimum Gasteiger partial charge on any atom is -0.458 e. The van der Waals surface area contributed by atoms with Gasteiger partial charge in [0.15, 0.2) is 0 Å². The quantitative estimate of drug-likeness (QED) is 0.215. The number of piperidine rings is 1. The second kappa shape index (κ2) is 18.7. The molecule has 2 aromatic rings. The Labute approximate surface area is 348 Å². The lowest BCUT2D eigenvalue weighted by atomic mass is 9.98. The number of esters is 1. The number of aliphatic hydroxyl groups excluding tert-OH is 1. The first kappa shape index (κ1) is 45.2. The number of hydrogen-bond acceptors (Lipinski definition) is 9. The molecule has 2 aromatic carbocycles. The number of urea groups is 1. The minimum absolute atomic E-state index is 0.0703. The SMILES string of the molecule is C[C@H]1C[C@H]2C(=O)O[C@@H](C)[C@H](NC(=O)[C@H](Cc3cc(F)cc(F)c3)NC(=O)Nc3ccc(C(F)(F)F)cc3)C(=O)N3CCC[C@H]3C(=O)N3CCCC[C@H]3C(O)N[C@@H](C)C(=O)N2C1. The maximum Gasteiger partial charge on any atom is 0.416 e. The zero-order valence-electron chi connectivity index (χ0n) is 33.8. The van der Waals surface area contributed by atoms with Crippen LogP contribution < -0.4 is 21.3 Å². The second-order valence-corrected chi connectivity index (χ2v) is 16.3. The van der Waals surface area contributed by atoms with Gasteiger partial charge in [-0.1, -0.05) is 6.92 Å². The molecule has 0 spiro atoms. The number of hydrogen-bond donors (Lipinski definition) is 5. The van der Waals surface area contributed by atoms with Crippen LogP contribution in [-0.2, 0) is 41.3 Å². The summed E-state index contributed by atoms with van der Waals surface area (Å²) in [7, 11) is 0. The van der Waals surface area contributed by atoms with E-state index in [-0.39, 0.29) is 49.6 Å². The van der Waals surface area contributed by atoms with Crippen LogP contribution in [0.25, 0.3) is 0 Å². The molecule has 4 fully saturated rings. The van der Waals surface area contributed by atoms with Gasteiger partial charge in [-0.05, 0) is 100 Å². The number of alkyl halides is 3. The molecule has 6 rings (SSSR count). The molecular formula is C41H50F5N7O8. The summed E-state index contributed by atoms with van der Waals surface area (Å²) < 4.78 is 73.9. The van der Waals surface area contributed by atoms with Crippen LogP contribution in [-0.4, -0.2) is 124 Å². The van der Waals surface area contributed by atoms with Gasteiger partial charge in [-0.3, -0.25) is 24.5 Å². The Balaban J connectivity index is 1.33. The molecule has 61 heavy (non-hydrogen) atoms. The number of benzene rings is 2. The summed E-state index contributed by atoms with van der Waals surface area (Å²) in [6.07, 6.45) is -5.44. The van der Waals surface area contributed by atoms with Crippen LogP contribution in [0.2, 0.25) is 0 Å². The Kier molecular flexibility index (Phi) is 13.9. The largest absolute Gasteiger partial charge is 0.458 e. The molecule has 4 heterocycles. The lowest BCUT2D eigenvalue weighted by molar-refractivity contribution is -0.163. The van der Waals surface area contributed by atoms with Crippen molar-refractivity contribution in [1.29, 1.82) is 0 Å². The number of amides is 6. The van der Waals surface area contributed by atoms with Gasteiger partial charge >= 0.3 is 18.2 Å². The lowest BCUT2D eigenvalue weighted by Crippen LogP contribution is -2.64. The number of anilines is 1. The highest BCUT2D eigenvalue weighted by Gasteiger charge is 2.47. The van der Waals surface area contributed by atoms with Crippen molar-refractivity contribution in [3.63, 3.8) is 0 Å². The molecule has 0 aromatic heterocycles. The Bertz CT molecular complexity index is 1970. The predicted octanol–water partition coefficient (Wildman–Crippen LogP) is 3.05. The Morgan fingerprint density at radius 2 is 1.54 bits per heavy atom. The van der Waals surface area contributed by atoms with Crippen LogP contribution in [0.1, 0.15) is 70.4 Å². The molecule has 4 saturated heterocycles. The molecule has 1 unspecified atom stereocenters. The van der Waals surface area contributed by atoms with E-state index in [1.165, 1.54) is 21.6 Å². The van der Waals surface area contributed by atoms with E-state index in [4.69, 9.17) is 4.74 Å². The van der Waals surface area contributed by atoms with E-state index in [9.17, 15) is 55.8 Å². The fourth-order valence-corrected chi connectivity index (χ4v) is 8.62. The number of carbonyl (C=O) groups excluding carboxylic acids is 6. The summed E-state index contributed by atoms with van der Waals surface area (Å²) >= 11 is 0. The number of carbonyl (C=O) groups is 6. The average Bonchev–Trinajstić information content (AvgIpc) is 3.85. The van der Waals surface area contributed by atoms with Crippen LogP contribution in [0.3, 0.4) is 0 Å². The standard InChI is InChI=1S/C41H50F5N7O8/c1-21-15-32-39(59)61-23(3)33(38(58)52-14-6-8-31(52)37(57)51-13-5-4-7-30(51)35(55)47-22(2)36(56)53(32)20-21)50-34(54)29(18-24-16-26(42)19-27(43)17-24)49-40(60)48-28-11-9-25(10-12-28)41(44,45)46/h9-12,16-17,19,21-23,29-33,35,47,55H,4-8,13-15,18,20H2,1-3H3,(H,50,54)(H2,48,49,60)/t21-,22-,23-,29-,30-,31-,32-,33-,35?/m0/s1. The summed E-state index contributed by atoms with van der Waals surface area (Å²) in [6.45, 7) is 5.24. The first-order chi connectivity index (χ1) is 28.8. The molecule has 5 N–H and O–H groups in total. The molecule has 0 saturated carbocycles. The van der Waals surface area contributed by atoms with Gasteiger partial charge in [0.25, 0.3) is 0 Å². The van der Waals surface area contributed by atoms with E-state index in [1.54, 1.807) is 6.92 Å². The summed E-state index contributed by atoms with van der Waals surface area (Å²) in [5.74, 6) is -5.89. The molecule has 0 aliphatic carbocycles. The molecule has 15 nitrogen and oxygen atoms in total. The molecule has 4 aliphatic rings. The van der Waals surface area contributed by atoms with E-state index >= 15 is 0 Å². The Morgan fingerprint density at radius 3 is 2.21 bits per heavy atom. The molecule has 6 amide bonds. The summed E-state index contributed by atoms with van der Waals surface area (Å²) in [6, 6.07) is -2.54. The van der Waals surface area contributed by atoms with Crippen LogP contribution in [0.15, 0.2) is 42.5 Å². The number of fused-ring (bicyclic) bond motifs is 3. The highest BCUT2D eigenvalue weighted by molar-refractivity contribution is 5.97. The normalized spacial score (nSPS) is 28.4. The summed E-state index contributed by atoms with van der Waals surface area (Å²) in [4.78, 5) is 88.4. The fraction of sp³-hybridized carbons (Fsp3) is 0.561. The van der Waals surface area contributed by atoms with Gasteiger partial charge in [0.2, 0.25) is 23.6 Å².